The molecular weight excluding hydrogens is 282 g/mol. The predicted molar refractivity (Wildman–Crippen MR) is 84.0 cm³/mol. The van der Waals surface area contributed by atoms with Crippen molar-refractivity contribution in [1.82, 2.24) is 4.98 Å². The molecule has 2 fully saturated rings. The molecule has 1 N–H and O–H groups in total. The number of nitrogens with zero attached hydrogens (tertiary/aromatic N) is 2. The van der Waals surface area contributed by atoms with Gasteiger partial charge in [-0.1, -0.05) is 19.3 Å². The number of pyridine rings is 1. The number of rotatable bonds is 3. The molecule has 6 heteroatoms. The molecule has 1 aliphatic heterocycles. The number of aryl methyl sites for hydroxylation is 1. The molecule has 0 bridgehead atoms. The lowest BCUT2D eigenvalue weighted by Gasteiger charge is -2.43. The zero-order chi connectivity index (χ0) is 15.6. The largest absolute Gasteiger partial charge is 0.375 e. The molecule has 1 spiro atoms. The van der Waals surface area contributed by atoms with Gasteiger partial charge in [0.25, 0.3) is 5.69 Å². The molecule has 1 aromatic heterocycles. The number of nitro groups is 1. The summed E-state index contributed by atoms with van der Waals surface area (Å²) in [6.45, 7) is 2.46. The maximum Gasteiger partial charge on any atom is 0.290 e. The average molecular weight is 305 g/mol. The van der Waals surface area contributed by atoms with Crippen LogP contribution >= 0.6 is 0 Å². The van der Waals surface area contributed by atoms with Gasteiger partial charge in [-0.05, 0) is 38.7 Å². The van der Waals surface area contributed by atoms with Crippen molar-refractivity contribution in [3.63, 3.8) is 0 Å². The molecule has 6 nitrogen and oxygen atoms in total. The average Bonchev–Trinajstić information content (AvgIpc) is 2.48. The van der Waals surface area contributed by atoms with Gasteiger partial charge in [0.15, 0.2) is 0 Å². The lowest BCUT2D eigenvalue weighted by atomic mass is 9.78. The third-order valence-electron chi connectivity index (χ3n) is 4.86. The van der Waals surface area contributed by atoms with Crippen LogP contribution in [0.1, 0.15) is 50.6 Å². The van der Waals surface area contributed by atoms with Crippen LogP contribution in [-0.4, -0.2) is 28.2 Å². The highest BCUT2D eigenvalue weighted by Crippen LogP contribution is 2.39. The Morgan fingerprint density at radius 2 is 2.14 bits per heavy atom. The van der Waals surface area contributed by atoms with E-state index >= 15 is 0 Å². The monoisotopic (exact) mass is 305 g/mol. The van der Waals surface area contributed by atoms with Gasteiger partial charge < -0.3 is 10.1 Å². The summed E-state index contributed by atoms with van der Waals surface area (Å²) >= 11 is 0. The Balaban J connectivity index is 1.67. The zero-order valence-electron chi connectivity index (χ0n) is 13.0. The Morgan fingerprint density at radius 3 is 2.82 bits per heavy atom. The second-order valence-corrected chi connectivity index (χ2v) is 6.48. The summed E-state index contributed by atoms with van der Waals surface area (Å²) in [4.78, 5) is 14.8. The topological polar surface area (TPSA) is 77.3 Å². The summed E-state index contributed by atoms with van der Waals surface area (Å²) in [5.41, 5.74) is 0.569. The van der Waals surface area contributed by atoms with E-state index in [0.29, 0.717) is 11.7 Å². The Kier molecular flexibility index (Phi) is 4.29. The Labute approximate surface area is 130 Å². The van der Waals surface area contributed by atoms with Crippen molar-refractivity contribution in [2.24, 2.45) is 0 Å². The van der Waals surface area contributed by atoms with Gasteiger partial charge in [-0.2, -0.15) is 0 Å². The standard InChI is InChI=1S/C16H23N3O3/c1-12-14(19(20)21)5-6-15(17-12)18-13-7-10-22-16(11-13)8-3-2-4-9-16/h5-6,13H,2-4,7-11H2,1H3,(H,17,18). The van der Waals surface area contributed by atoms with Crippen molar-refractivity contribution in [2.75, 3.05) is 11.9 Å². The number of ether oxygens (including phenoxy) is 1. The molecule has 2 heterocycles. The Morgan fingerprint density at radius 1 is 1.36 bits per heavy atom. The van der Waals surface area contributed by atoms with E-state index in [1.165, 1.54) is 25.3 Å². The van der Waals surface area contributed by atoms with Gasteiger partial charge in [0, 0.05) is 18.7 Å². The number of aromatic nitrogens is 1. The molecule has 1 atom stereocenters. The van der Waals surface area contributed by atoms with E-state index in [2.05, 4.69) is 10.3 Å². The first-order valence-electron chi connectivity index (χ1n) is 8.11. The molecule has 22 heavy (non-hydrogen) atoms. The van der Waals surface area contributed by atoms with Crippen LogP contribution in [0.25, 0.3) is 0 Å². The van der Waals surface area contributed by atoms with Crippen LogP contribution in [0, 0.1) is 17.0 Å². The molecule has 1 unspecified atom stereocenters. The van der Waals surface area contributed by atoms with Crippen LogP contribution < -0.4 is 5.32 Å². The van der Waals surface area contributed by atoms with Crippen LogP contribution in [-0.2, 0) is 4.74 Å². The van der Waals surface area contributed by atoms with E-state index in [4.69, 9.17) is 4.74 Å². The van der Waals surface area contributed by atoms with Crippen molar-refractivity contribution in [1.29, 1.82) is 0 Å². The van der Waals surface area contributed by atoms with Gasteiger partial charge in [0.2, 0.25) is 0 Å². The van der Waals surface area contributed by atoms with Crippen molar-refractivity contribution in [3.8, 4) is 0 Å². The Bertz CT molecular complexity index is 550. The molecule has 1 saturated carbocycles. The third-order valence-corrected chi connectivity index (χ3v) is 4.86. The maximum absolute atomic E-state index is 10.9. The minimum absolute atomic E-state index is 0.0456. The molecule has 120 valence electrons. The van der Waals surface area contributed by atoms with Crippen molar-refractivity contribution >= 4 is 11.5 Å². The second-order valence-electron chi connectivity index (χ2n) is 6.48. The van der Waals surface area contributed by atoms with Crippen LogP contribution in [0.4, 0.5) is 11.5 Å². The number of hydrogen-bond donors (Lipinski definition) is 1. The van der Waals surface area contributed by atoms with Gasteiger partial charge in [0.1, 0.15) is 11.5 Å². The number of anilines is 1. The summed E-state index contributed by atoms with van der Waals surface area (Å²) in [5, 5.41) is 14.3. The zero-order valence-corrected chi connectivity index (χ0v) is 13.0. The highest BCUT2D eigenvalue weighted by molar-refractivity contribution is 5.45. The maximum atomic E-state index is 10.9. The molecule has 0 radical (unpaired) electrons. The van der Waals surface area contributed by atoms with Crippen molar-refractivity contribution in [3.05, 3.63) is 27.9 Å². The molecule has 3 rings (SSSR count). The van der Waals surface area contributed by atoms with Crippen LogP contribution in [0.3, 0.4) is 0 Å². The highest BCUT2D eigenvalue weighted by atomic mass is 16.6. The highest BCUT2D eigenvalue weighted by Gasteiger charge is 2.38. The summed E-state index contributed by atoms with van der Waals surface area (Å²) in [6, 6.07) is 3.56. The van der Waals surface area contributed by atoms with Gasteiger partial charge in [-0.3, -0.25) is 10.1 Å². The van der Waals surface area contributed by atoms with Gasteiger partial charge in [0.05, 0.1) is 10.5 Å². The normalized spacial score (nSPS) is 24.1. The quantitative estimate of drug-likeness (QED) is 0.682. The SMILES string of the molecule is Cc1nc(NC2CCOC3(CCCCC3)C2)ccc1[N+](=O)[O-]. The predicted octanol–water partition coefficient (Wildman–Crippen LogP) is 3.59. The van der Waals surface area contributed by atoms with Crippen LogP contribution in [0.5, 0.6) is 0 Å². The molecule has 0 amide bonds. The first kappa shape index (κ1) is 15.2. The molecule has 1 aromatic rings. The fourth-order valence-electron chi connectivity index (χ4n) is 3.73. The number of hydrogen-bond acceptors (Lipinski definition) is 5. The summed E-state index contributed by atoms with van der Waals surface area (Å²) in [7, 11) is 0. The van der Waals surface area contributed by atoms with Crippen molar-refractivity contribution in [2.45, 2.75) is 63.5 Å². The minimum Gasteiger partial charge on any atom is -0.375 e. The lowest BCUT2D eigenvalue weighted by Crippen LogP contribution is -2.45. The summed E-state index contributed by atoms with van der Waals surface area (Å²) in [6.07, 6.45) is 8.08. The molecular formula is C16H23N3O3. The first-order chi connectivity index (χ1) is 10.6. The Hall–Kier alpha value is -1.69. The van der Waals surface area contributed by atoms with E-state index in [0.717, 1.165) is 38.1 Å². The summed E-state index contributed by atoms with van der Waals surface area (Å²) in [5.74, 6) is 0.723. The molecule has 0 aromatic carbocycles. The van der Waals surface area contributed by atoms with Gasteiger partial charge in [-0.15, -0.1) is 0 Å². The van der Waals surface area contributed by atoms with E-state index in [9.17, 15) is 10.1 Å². The molecule has 1 aliphatic carbocycles. The molecule has 1 saturated heterocycles. The summed E-state index contributed by atoms with van der Waals surface area (Å²) < 4.78 is 6.10. The van der Waals surface area contributed by atoms with E-state index < -0.39 is 4.92 Å². The van der Waals surface area contributed by atoms with E-state index in [1.807, 2.05) is 0 Å². The van der Waals surface area contributed by atoms with Crippen LogP contribution in [0.2, 0.25) is 0 Å². The number of nitrogens with one attached hydrogen (secondary N) is 1. The minimum atomic E-state index is -0.391. The lowest BCUT2D eigenvalue weighted by molar-refractivity contribution is -0.385. The fourth-order valence-corrected chi connectivity index (χ4v) is 3.73. The van der Waals surface area contributed by atoms with E-state index in [-0.39, 0.29) is 11.3 Å². The second kappa shape index (κ2) is 6.20. The fraction of sp³-hybridized carbons (Fsp3) is 0.688. The third kappa shape index (κ3) is 3.21. The van der Waals surface area contributed by atoms with Gasteiger partial charge in [-0.25, -0.2) is 4.98 Å². The first-order valence-corrected chi connectivity index (χ1v) is 8.11. The van der Waals surface area contributed by atoms with Crippen molar-refractivity contribution < 1.29 is 9.66 Å². The van der Waals surface area contributed by atoms with Gasteiger partial charge >= 0.3 is 0 Å². The van der Waals surface area contributed by atoms with E-state index in [1.54, 1.807) is 13.0 Å². The molecule has 2 aliphatic rings. The smallest absolute Gasteiger partial charge is 0.290 e. The van der Waals surface area contributed by atoms with Crippen LogP contribution in [0.15, 0.2) is 12.1 Å².